The fourth-order valence-corrected chi connectivity index (χ4v) is 1.13. The normalized spacial score (nSPS) is 17.5. The number of hydrogen-bond acceptors (Lipinski definition) is 2. The zero-order valence-corrected chi connectivity index (χ0v) is 8.35. The molecule has 0 aliphatic heterocycles. The lowest BCUT2D eigenvalue weighted by atomic mass is 10.0. The van der Waals surface area contributed by atoms with Crippen molar-refractivity contribution in [1.29, 1.82) is 0 Å². The molecule has 0 radical (unpaired) electrons. The molecular weight excluding hydrogens is 162 g/mol. The van der Waals surface area contributed by atoms with Gasteiger partial charge < -0.3 is 9.59 Å². The minimum absolute atomic E-state index is 0.339. The number of quaternary nitrogens is 1. The summed E-state index contributed by atoms with van der Waals surface area (Å²) in [6.45, 7) is 1.70. The Labute approximate surface area is 73.0 Å². The summed E-state index contributed by atoms with van der Waals surface area (Å²) in [6, 6.07) is 0. The van der Waals surface area contributed by atoms with Gasteiger partial charge in [-0.15, -0.1) is 0 Å². The van der Waals surface area contributed by atoms with Crippen molar-refractivity contribution in [2.75, 3.05) is 26.9 Å². The molecule has 0 spiro atoms. The van der Waals surface area contributed by atoms with E-state index in [1.54, 1.807) is 6.92 Å². The summed E-state index contributed by atoms with van der Waals surface area (Å²) in [4.78, 5) is 10.8. The molecule has 1 unspecified atom stereocenters. The third-order valence-corrected chi connectivity index (χ3v) is 2.86. The Hall–Kier alpha value is -0.220. The van der Waals surface area contributed by atoms with Gasteiger partial charge >= 0.3 is 5.97 Å². The van der Waals surface area contributed by atoms with E-state index in [2.05, 4.69) is 12.6 Å². The number of rotatable bonds is 3. The topological polar surface area (TPSA) is 37.3 Å². The Kier molecular flexibility index (Phi) is 2.97. The van der Waals surface area contributed by atoms with Gasteiger partial charge in [0, 0.05) is 6.92 Å². The maximum absolute atomic E-state index is 10.8. The van der Waals surface area contributed by atoms with Gasteiger partial charge in [-0.1, -0.05) is 0 Å². The third kappa shape index (κ3) is 1.87. The molecule has 0 fully saturated rings. The van der Waals surface area contributed by atoms with Gasteiger partial charge in [-0.05, 0) is 0 Å². The summed E-state index contributed by atoms with van der Waals surface area (Å²) >= 11 is 4.04. The number of thiol groups is 1. The van der Waals surface area contributed by atoms with Crippen LogP contribution in [0, 0.1) is 0 Å². The fraction of sp³-hybridized carbons (Fsp3) is 0.857. The molecule has 0 aromatic rings. The molecule has 66 valence electrons. The Morgan fingerprint density at radius 1 is 1.55 bits per heavy atom. The van der Waals surface area contributed by atoms with E-state index >= 15 is 0 Å². The highest BCUT2D eigenvalue weighted by Gasteiger charge is 2.44. The number of hydrogen-bond donors (Lipinski definition) is 2. The summed E-state index contributed by atoms with van der Waals surface area (Å²) in [5.74, 6) is -0.466. The van der Waals surface area contributed by atoms with Gasteiger partial charge in [0.15, 0.2) is 0 Å². The average molecular weight is 178 g/mol. The maximum Gasteiger partial charge on any atom is 0.366 e. The lowest BCUT2D eigenvalue weighted by Crippen LogP contribution is -2.61. The molecule has 0 heterocycles. The van der Waals surface area contributed by atoms with E-state index in [1.165, 1.54) is 0 Å². The molecular formula is C7H16NO2S+. The standard InChI is InChI=1S/C7H15NO2S/c1-7(5-11,6(9)10)8(2,3)4/h5H2,1-4H3,(H-,9,10,11)/p+1. The van der Waals surface area contributed by atoms with Crippen molar-refractivity contribution < 1.29 is 14.4 Å². The van der Waals surface area contributed by atoms with Crippen molar-refractivity contribution in [2.45, 2.75) is 12.5 Å². The van der Waals surface area contributed by atoms with E-state index in [1.807, 2.05) is 21.1 Å². The minimum Gasteiger partial charge on any atom is -0.477 e. The van der Waals surface area contributed by atoms with Crippen LogP contribution in [0.1, 0.15) is 6.92 Å². The van der Waals surface area contributed by atoms with E-state index in [0.717, 1.165) is 0 Å². The van der Waals surface area contributed by atoms with Crippen molar-refractivity contribution in [2.24, 2.45) is 0 Å². The van der Waals surface area contributed by atoms with E-state index in [4.69, 9.17) is 5.11 Å². The largest absolute Gasteiger partial charge is 0.477 e. The molecule has 0 aliphatic carbocycles. The summed E-state index contributed by atoms with van der Waals surface area (Å²) in [5, 5.41) is 8.90. The molecule has 1 atom stereocenters. The number of carboxylic acid groups (broad SMARTS) is 1. The molecule has 0 aromatic carbocycles. The highest BCUT2D eigenvalue weighted by Crippen LogP contribution is 2.19. The molecule has 0 rings (SSSR count). The number of likely N-dealkylation sites (N-methyl/N-ethyl adjacent to an activating group) is 1. The van der Waals surface area contributed by atoms with E-state index < -0.39 is 11.5 Å². The van der Waals surface area contributed by atoms with Gasteiger partial charge in [-0.3, -0.25) is 0 Å². The molecule has 0 bridgehead atoms. The van der Waals surface area contributed by atoms with Crippen LogP contribution in [0.4, 0.5) is 0 Å². The van der Waals surface area contributed by atoms with Crippen LogP contribution in [-0.4, -0.2) is 48.0 Å². The van der Waals surface area contributed by atoms with Crippen LogP contribution in [0.2, 0.25) is 0 Å². The Morgan fingerprint density at radius 3 is 1.91 bits per heavy atom. The number of carbonyl (C=O) groups is 1. The lowest BCUT2D eigenvalue weighted by Gasteiger charge is -2.39. The second-order valence-corrected chi connectivity index (χ2v) is 4.07. The quantitative estimate of drug-likeness (QED) is 0.487. The second-order valence-electron chi connectivity index (χ2n) is 3.75. The van der Waals surface area contributed by atoms with Crippen molar-refractivity contribution in [3.8, 4) is 0 Å². The SMILES string of the molecule is CC(CS)(C(=O)O)[N+](C)(C)C. The van der Waals surface area contributed by atoms with Crippen LogP contribution >= 0.6 is 12.6 Å². The Balaban J connectivity index is 4.75. The van der Waals surface area contributed by atoms with Crippen LogP contribution in [0.5, 0.6) is 0 Å². The maximum atomic E-state index is 10.8. The van der Waals surface area contributed by atoms with Crippen molar-refractivity contribution >= 4 is 18.6 Å². The minimum atomic E-state index is -0.806. The molecule has 3 nitrogen and oxygen atoms in total. The first kappa shape index (κ1) is 10.8. The van der Waals surface area contributed by atoms with Crippen molar-refractivity contribution in [3.05, 3.63) is 0 Å². The average Bonchev–Trinajstić information content (AvgIpc) is 1.83. The van der Waals surface area contributed by atoms with E-state index in [0.29, 0.717) is 10.2 Å². The highest BCUT2D eigenvalue weighted by atomic mass is 32.1. The molecule has 0 amide bonds. The van der Waals surface area contributed by atoms with Crippen molar-refractivity contribution in [3.63, 3.8) is 0 Å². The van der Waals surface area contributed by atoms with E-state index in [9.17, 15) is 4.79 Å². The Bertz CT molecular complexity index is 164. The summed E-state index contributed by atoms with van der Waals surface area (Å²) in [7, 11) is 5.55. The molecule has 0 aromatic heterocycles. The predicted molar refractivity (Wildman–Crippen MR) is 47.9 cm³/mol. The fourth-order valence-electron chi connectivity index (χ4n) is 0.567. The first-order chi connectivity index (χ1) is 4.75. The molecule has 0 saturated heterocycles. The van der Waals surface area contributed by atoms with Gasteiger partial charge in [0.25, 0.3) is 0 Å². The predicted octanol–water partition coefficient (Wildman–Crippen LogP) is 0.466. The van der Waals surface area contributed by atoms with Gasteiger partial charge in [0.05, 0.1) is 26.9 Å². The van der Waals surface area contributed by atoms with Gasteiger partial charge in [-0.2, -0.15) is 12.6 Å². The molecule has 4 heteroatoms. The van der Waals surface area contributed by atoms with Crippen LogP contribution in [0.3, 0.4) is 0 Å². The third-order valence-electron chi connectivity index (χ3n) is 2.25. The molecule has 11 heavy (non-hydrogen) atoms. The second kappa shape index (κ2) is 3.03. The monoisotopic (exact) mass is 178 g/mol. The highest BCUT2D eigenvalue weighted by molar-refractivity contribution is 7.80. The zero-order valence-electron chi connectivity index (χ0n) is 7.46. The summed E-state index contributed by atoms with van der Waals surface area (Å²) in [5.41, 5.74) is -0.802. The smallest absolute Gasteiger partial charge is 0.366 e. The number of aliphatic carboxylic acids is 1. The van der Waals surface area contributed by atoms with Gasteiger partial charge in [-0.25, -0.2) is 4.79 Å². The van der Waals surface area contributed by atoms with Crippen LogP contribution in [-0.2, 0) is 4.79 Å². The molecule has 0 aliphatic rings. The van der Waals surface area contributed by atoms with Crippen LogP contribution in [0.15, 0.2) is 0 Å². The lowest BCUT2D eigenvalue weighted by molar-refractivity contribution is -0.908. The summed E-state index contributed by atoms with van der Waals surface area (Å²) in [6.07, 6.45) is 0. The van der Waals surface area contributed by atoms with Crippen LogP contribution in [0.25, 0.3) is 0 Å². The zero-order chi connectivity index (χ0) is 9.28. The van der Waals surface area contributed by atoms with Crippen molar-refractivity contribution in [1.82, 2.24) is 0 Å². The van der Waals surface area contributed by atoms with Gasteiger partial charge in [0.2, 0.25) is 5.54 Å². The Morgan fingerprint density at radius 2 is 1.91 bits per heavy atom. The van der Waals surface area contributed by atoms with Crippen LogP contribution < -0.4 is 0 Å². The van der Waals surface area contributed by atoms with E-state index in [-0.39, 0.29) is 0 Å². The summed E-state index contributed by atoms with van der Waals surface area (Å²) < 4.78 is 0.381. The first-order valence-electron chi connectivity index (χ1n) is 3.41. The first-order valence-corrected chi connectivity index (χ1v) is 4.05. The molecule has 1 N–H and O–H groups in total. The molecule has 0 saturated carbocycles. The number of nitrogens with zero attached hydrogens (tertiary/aromatic N) is 1. The van der Waals surface area contributed by atoms with Gasteiger partial charge in [0.1, 0.15) is 0 Å². The number of carboxylic acids is 1.